The molecule has 5 atom stereocenters. The number of aliphatic hydroxyl groups is 1. The molecule has 0 amide bonds. The van der Waals surface area contributed by atoms with Gasteiger partial charge in [-0.15, -0.1) is 0 Å². The predicted molar refractivity (Wildman–Crippen MR) is 47.6 cm³/mol. The van der Waals surface area contributed by atoms with Crippen LogP contribution in [0, 0.1) is 0 Å². The molecule has 0 bridgehead atoms. The number of methoxy groups -OCH3 is 2. The third-order valence-corrected chi connectivity index (χ3v) is 2.58. The lowest BCUT2D eigenvalue weighted by atomic mass is 9.96. The first-order valence-electron chi connectivity index (χ1n) is 4.51. The summed E-state index contributed by atoms with van der Waals surface area (Å²) in [6.07, 6.45) is -1.37. The second-order valence-corrected chi connectivity index (χ2v) is 3.44. The van der Waals surface area contributed by atoms with Crippen LogP contribution < -0.4 is 0 Å². The lowest BCUT2D eigenvalue weighted by Gasteiger charge is -2.41. The van der Waals surface area contributed by atoms with E-state index in [1.165, 1.54) is 0 Å². The Kier molecular flexibility index (Phi) is 3.67. The summed E-state index contributed by atoms with van der Waals surface area (Å²) in [6, 6.07) is 0. The van der Waals surface area contributed by atoms with Gasteiger partial charge in [0.2, 0.25) is 0 Å². The maximum atomic E-state index is 9.73. The zero-order valence-corrected chi connectivity index (χ0v) is 8.56. The summed E-state index contributed by atoms with van der Waals surface area (Å²) in [7, 11) is 3.17. The Morgan fingerprint density at radius 1 is 1.00 bits per heavy atom. The summed E-state index contributed by atoms with van der Waals surface area (Å²) in [5.74, 6) is 0. The lowest BCUT2D eigenvalue weighted by Crippen LogP contribution is -2.57. The van der Waals surface area contributed by atoms with E-state index in [0.717, 1.165) is 0 Å². The van der Waals surface area contributed by atoms with Crippen molar-refractivity contribution in [2.24, 2.45) is 0 Å². The third kappa shape index (κ3) is 2.02. The summed E-state index contributed by atoms with van der Waals surface area (Å²) in [5.41, 5.74) is 0. The van der Waals surface area contributed by atoms with Crippen LogP contribution in [-0.2, 0) is 14.2 Å². The molecule has 0 aliphatic carbocycles. The van der Waals surface area contributed by atoms with Gasteiger partial charge in [0.15, 0.2) is 0 Å². The minimum atomic E-state index is -0.619. The van der Waals surface area contributed by atoms with Crippen LogP contribution in [0.15, 0.2) is 0 Å². The van der Waals surface area contributed by atoms with Gasteiger partial charge >= 0.3 is 0 Å². The van der Waals surface area contributed by atoms with Crippen LogP contribution in [0.3, 0.4) is 0 Å². The number of aliphatic hydroxyl groups excluding tert-OH is 1. The van der Waals surface area contributed by atoms with Crippen LogP contribution >= 0.6 is 0 Å². The molecule has 13 heavy (non-hydrogen) atoms. The van der Waals surface area contributed by atoms with Crippen molar-refractivity contribution in [3.63, 3.8) is 0 Å². The fourth-order valence-electron chi connectivity index (χ4n) is 1.82. The first-order valence-corrected chi connectivity index (χ1v) is 4.51. The van der Waals surface area contributed by atoms with E-state index in [9.17, 15) is 5.11 Å². The minimum absolute atomic E-state index is 0.0478. The van der Waals surface area contributed by atoms with Crippen molar-refractivity contribution in [3.8, 4) is 0 Å². The predicted octanol–water partition coefficient (Wildman–Crippen LogP) is 0.184. The summed E-state index contributed by atoms with van der Waals surface area (Å²) in [4.78, 5) is 0. The standard InChI is InChI=1S/C9H18O4/c1-5-7(10)9(12-4)8(11-3)6(2)13-5/h5-10H,1-4H3/t5-,6-,7+,8-,9+/m0/s1. The number of rotatable bonds is 2. The monoisotopic (exact) mass is 190 g/mol. The molecule has 1 N–H and O–H groups in total. The first kappa shape index (κ1) is 10.9. The molecule has 0 aromatic rings. The van der Waals surface area contributed by atoms with Crippen LogP contribution in [-0.4, -0.2) is 49.8 Å². The Morgan fingerprint density at radius 3 is 2.00 bits per heavy atom. The molecule has 0 saturated carbocycles. The second-order valence-electron chi connectivity index (χ2n) is 3.44. The molecule has 1 rings (SSSR count). The number of ether oxygens (including phenoxy) is 3. The van der Waals surface area contributed by atoms with E-state index in [0.29, 0.717) is 0 Å². The Labute approximate surface area is 78.8 Å². The second kappa shape index (κ2) is 4.37. The van der Waals surface area contributed by atoms with Gasteiger partial charge in [0, 0.05) is 14.2 Å². The minimum Gasteiger partial charge on any atom is -0.388 e. The van der Waals surface area contributed by atoms with E-state index >= 15 is 0 Å². The molecule has 0 unspecified atom stereocenters. The molecule has 1 aliphatic rings. The van der Waals surface area contributed by atoms with Gasteiger partial charge in [0.1, 0.15) is 18.3 Å². The van der Waals surface area contributed by atoms with E-state index in [1.807, 2.05) is 13.8 Å². The van der Waals surface area contributed by atoms with Crippen molar-refractivity contribution >= 4 is 0 Å². The molecule has 1 fully saturated rings. The summed E-state index contributed by atoms with van der Waals surface area (Å²) < 4.78 is 15.9. The fraction of sp³-hybridized carbons (Fsp3) is 1.00. The topological polar surface area (TPSA) is 47.9 Å². The molecular formula is C9H18O4. The van der Waals surface area contributed by atoms with E-state index in [4.69, 9.17) is 14.2 Å². The largest absolute Gasteiger partial charge is 0.388 e. The molecule has 0 radical (unpaired) electrons. The van der Waals surface area contributed by atoms with Gasteiger partial charge in [-0.2, -0.15) is 0 Å². The van der Waals surface area contributed by atoms with Gasteiger partial charge in [0.25, 0.3) is 0 Å². The summed E-state index contributed by atoms with van der Waals surface area (Å²) >= 11 is 0. The van der Waals surface area contributed by atoms with Gasteiger partial charge in [-0.3, -0.25) is 0 Å². The summed E-state index contributed by atoms with van der Waals surface area (Å²) in [6.45, 7) is 3.75. The van der Waals surface area contributed by atoms with Crippen molar-refractivity contribution in [1.29, 1.82) is 0 Å². The molecule has 0 aromatic heterocycles. The molecule has 4 nitrogen and oxygen atoms in total. The van der Waals surface area contributed by atoms with Crippen molar-refractivity contribution < 1.29 is 19.3 Å². The van der Waals surface area contributed by atoms with E-state index in [2.05, 4.69) is 0 Å². The Bertz CT molecular complexity index is 162. The van der Waals surface area contributed by atoms with Crippen molar-refractivity contribution in [2.45, 2.75) is 44.4 Å². The quantitative estimate of drug-likeness (QED) is 0.675. The highest BCUT2D eigenvalue weighted by Crippen LogP contribution is 2.24. The Balaban J connectivity index is 2.71. The van der Waals surface area contributed by atoms with Gasteiger partial charge in [-0.25, -0.2) is 0 Å². The van der Waals surface area contributed by atoms with Crippen LogP contribution in [0.4, 0.5) is 0 Å². The van der Waals surface area contributed by atoms with E-state index in [1.54, 1.807) is 14.2 Å². The molecule has 4 heteroatoms. The van der Waals surface area contributed by atoms with Crippen molar-refractivity contribution in [3.05, 3.63) is 0 Å². The van der Waals surface area contributed by atoms with E-state index in [-0.39, 0.29) is 24.4 Å². The maximum Gasteiger partial charge on any atom is 0.114 e. The molecule has 78 valence electrons. The normalized spacial score (nSPS) is 46.4. The highest BCUT2D eigenvalue weighted by Gasteiger charge is 2.41. The van der Waals surface area contributed by atoms with Gasteiger partial charge in [-0.1, -0.05) is 0 Å². The highest BCUT2D eigenvalue weighted by molar-refractivity contribution is 4.90. The summed E-state index contributed by atoms with van der Waals surface area (Å²) in [5, 5.41) is 9.73. The average molecular weight is 190 g/mol. The highest BCUT2D eigenvalue weighted by atomic mass is 16.6. The van der Waals surface area contributed by atoms with Crippen LogP contribution in [0.1, 0.15) is 13.8 Å². The van der Waals surface area contributed by atoms with Crippen molar-refractivity contribution in [2.75, 3.05) is 14.2 Å². The smallest absolute Gasteiger partial charge is 0.114 e. The molecule has 0 spiro atoms. The van der Waals surface area contributed by atoms with Crippen LogP contribution in [0.5, 0.6) is 0 Å². The molecule has 0 aromatic carbocycles. The van der Waals surface area contributed by atoms with Gasteiger partial charge in [-0.05, 0) is 13.8 Å². The zero-order valence-electron chi connectivity index (χ0n) is 8.56. The van der Waals surface area contributed by atoms with Crippen LogP contribution in [0.25, 0.3) is 0 Å². The fourth-order valence-corrected chi connectivity index (χ4v) is 1.82. The number of hydrogen-bond acceptors (Lipinski definition) is 4. The van der Waals surface area contributed by atoms with Crippen LogP contribution in [0.2, 0.25) is 0 Å². The van der Waals surface area contributed by atoms with Gasteiger partial charge < -0.3 is 19.3 Å². The first-order chi connectivity index (χ1) is 6.11. The average Bonchev–Trinajstić information content (AvgIpc) is 2.10. The lowest BCUT2D eigenvalue weighted by molar-refractivity contribution is -0.226. The molecule has 1 heterocycles. The zero-order chi connectivity index (χ0) is 10.0. The Hall–Kier alpha value is -0.160. The molecule has 1 aliphatic heterocycles. The van der Waals surface area contributed by atoms with Gasteiger partial charge in [0.05, 0.1) is 12.2 Å². The SMILES string of the molecule is CO[C@@H]1[C@H](O)[C@H](C)O[C@@H](C)[C@@H]1OC. The van der Waals surface area contributed by atoms with E-state index < -0.39 is 6.10 Å². The van der Waals surface area contributed by atoms with Crippen molar-refractivity contribution in [1.82, 2.24) is 0 Å². The third-order valence-electron chi connectivity index (χ3n) is 2.58. The number of hydrogen-bond donors (Lipinski definition) is 1. The maximum absolute atomic E-state index is 9.73. The Morgan fingerprint density at radius 2 is 1.54 bits per heavy atom. The molecular weight excluding hydrogens is 172 g/mol. The molecule has 1 saturated heterocycles.